The van der Waals surface area contributed by atoms with E-state index in [2.05, 4.69) is 26.5 Å². The molecule has 2 aromatic rings. The summed E-state index contributed by atoms with van der Waals surface area (Å²) in [4.78, 5) is 11.9. The van der Waals surface area contributed by atoms with E-state index in [0.29, 0.717) is 17.2 Å². The predicted octanol–water partition coefficient (Wildman–Crippen LogP) is 2.60. The Morgan fingerprint density at radius 1 is 1.09 bits per heavy atom. The normalized spacial score (nSPS) is 15.7. The maximum atomic E-state index is 11.9. The van der Waals surface area contributed by atoms with Gasteiger partial charge < -0.3 is 9.47 Å². The molecule has 0 bridgehead atoms. The van der Waals surface area contributed by atoms with Crippen molar-refractivity contribution in [1.82, 2.24) is 5.43 Å². The summed E-state index contributed by atoms with van der Waals surface area (Å²) in [5.41, 5.74) is 5.98. The van der Waals surface area contributed by atoms with Crippen molar-refractivity contribution in [2.24, 2.45) is 5.10 Å². The molecular formula is C16H11BrN2O3. The molecule has 0 radical (unpaired) electrons. The SMILES string of the molecule is O=C1Cc2cc3c(cc2C(c2ccc(Br)cc2)=NN1)OCO3. The van der Waals surface area contributed by atoms with Crippen LogP contribution in [0.1, 0.15) is 16.7 Å². The molecule has 5 nitrogen and oxygen atoms in total. The summed E-state index contributed by atoms with van der Waals surface area (Å²) in [6.45, 7) is 0.204. The van der Waals surface area contributed by atoms with Crippen molar-refractivity contribution in [2.45, 2.75) is 6.42 Å². The topological polar surface area (TPSA) is 59.9 Å². The Morgan fingerprint density at radius 3 is 2.59 bits per heavy atom. The summed E-state index contributed by atoms with van der Waals surface area (Å²) < 4.78 is 11.8. The number of carbonyl (C=O) groups is 1. The van der Waals surface area contributed by atoms with E-state index in [-0.39, 0.29) is 19.1 Å². The summed E-state index contributed by atoms with van der Waals surface area (Å²) in [6, 6.07) is 11.5. The molecule has 22 heavy (non-hydrogen) atoms. The van der Waals surface area contributed by atoms with Crippen LogP contribution in [0.15, 0.2) is 46.0 Å². The number of carbonyl (C=O) groups excluding carboxylic acids is 1. The molecule has 0 saturated carbocycles. The fourth-order valence-corrected chi connectivity index (χ4v) is 2.83. The third kappa shape index (κ3) is 2.25. The van der Waals surface area contributed by atoms with Gasteiger partial charge in [0.15, 0.2) is 11.5 Å². The van der Waals surface area contributed by atoms with E-state index < -0.39 is 0 Å². The van der Waals surface area contributed by atoms with Crippen molar-refractivity contribution in [1.29, 1.82) is 0 Å². The number of amides is 1. The van der Waals surface area contributed by atoms with Gasteiger partial charge in [0.1, 0.15) is 0 Å². The van der Waals surface area contributed by atoms with Crippen LogP contribution in [0.5, 0.6) is 11.5 Å². The van der Waals surface area contributed by atoms with E-state index in [1.807, 2.05) is 36.4 Å². The lowest BCUT2D eigenvalue weighted by Gasteiger charge is -2.10. The standard InChI is InChI=1S/C16H11BrN2O3/c17-11-3-1-9(2-4-11)16-12-7-14-13(21-8-22-14)5-10(12)6-15(20)18-19-16/h1-5,7H,6,8H2,(H,18,20). The Morgan fingerprint density at radius 2 is 1.82 bits per heavy atom. The number of rotatable bonds is 1. The molecule has 0 spiro atoms. The molecule has 0 aliphatic carbocycles. The number of halogens is 1. The van der Waals surface area contributed by atoms with Crippen LogP contribution in [0.25, 0.3) is 0 Å². The zero-order chi connectivity index (χ0) is 15.1. The molecule has 2 aliphatic heterocycles. The van der Waals surface area contributed by atoms with Gasteiger partial charge in [-0.2, -0.15) is 5.10 Å². The minimum Gasteiger partial charge on any atom is -0.454 e. The summed E-state index contributed by atoms with van der Waals surface area (Å²) in [7, 11) is 0. The second-order valence-electron chi connectivity index (χ2n) is 5.04. The Labute approximate surface area is 135 Å². The highest BCUT2D eigenvalue weighted by molar-refractivity contribution is 9.10. The zero-order valence-corrected chi connectivity index (χ0v) is 13.0. The number of fused-ring (bicyclic) bond motifs is 2. The van der Waals surface area contributed by atoms with Gasteiger partial charge in [0.2, 0.25) is 12.7 Å². The minimum atomic E-state index is -0.146. The first-order valence-electron chi connectivity index (χ1n) is 6.76. The number of benzene rings is 2. The van der Waals surface area contributed by atoms with Crippen LogP contribution in [-0.2, 0) is 11.2 Å². The van der Waals surface area contributed by atoms with Crippen LogP contribution >= 0.6 is 15.9 Å². The molecule has 0 aromatic heterocycles. The monoisotopic (exact) mass is 358 g/mol. The molecule has 1 N–H and O–H groups in total. The number of ether oxygens (including phenoxy) is 2. The fraction of sp³-hybridized carbons (Fsp3) is 0.125. The lowest BCUT2D eigenvalue weighted by atomic mass is 9.95. The molecule has 4 rings (SSSR count). The van der Waals surface area contributed by atoms with Gasteiger partial charge in [-0.25, -0.2) is 5.43 Å². The Kier molecular flexibility index (Phi) is 3.11. The van der Waals surface area contributed by atoms with Crippen molar-refractivity contribution in [2.75, 3.05) is 6.79 Å². The maximum absolute atomic E-state index is 11.9. The first-order valence-corrected chi connectivity index (χ1v) is 7.55. The molecule has 6 heteroatoms. The van der Waals surface area contributed by atoms with Gasteiger partial charge in [-0.05, 0) is 29.8 Å². The molecule has 0 unspecified atom stereocenters. The quantitative estimate of drug-likeness (QED) is 0.852. The highest BCUT2D eigenvalue weighted by Crippen LogP contribution is 2.36. The summed E-state index contributed by atoms with van der Waals surface area (Å²) in [6.07, 6.45) is 0.259. The number of nitrogens with one attached hydrogen (secondary N) is 1. The van der Waals surface area contributed by atoms with Gasteiger partial charge in [-0.1, -0.05) is 28.1 Å². The van der Waals surface area contributed by atoms with Crippen molar-refractivity contribution in [3.8, 4) is 11.5 Å². The fourth-order valence-electron chi connectivity index (χ4n) is 2.57. The highest BCUT2D eigenvalue weighted by Gasteiger charge is 2.24. The van der Waals surface area contributed by atoms with Crippen LogP contribution in [0.4, 0.5) is 0 Å². The minimum absolute atomic E-state index is 0.146. The van der Waals surface area contributed by atoms with E-state index in [1.54, 1.807) is 0 Å². The van der Waals surface area contributed by atoms with Crippen molar-refractivity contribution in [3.63, 3.8) is 0 Å². The first-order chi connectivity index (χ1) is 10.7. The Bertz CT molecular complexity index is 800. The largest absolute Gasteiger partial charge is 0.454 e. The van der Waals surface area contributed by atoms with E-state index in [4.69, 9.17) is 9.47 Å². The average Bonchev–Trinajstić information content (AvgIpc) is 2.89. The van der Waals surface area contributed by atoms with Gasteiger partial charge in [-0.15, -0.1) is 0 Å². The lowest BCUT2D eigenvalue weighted by molar-refractivity contribution is -0.120. The van der Waals surface area contributed by atoms with Gasteiger partial charge >= 0.3 is 0 Å². The van der Waals surface area contributed by atoms with Crippen LogP contribution in [0.3, 0.4) is 0 Å². The van der Waals surface area contributed by atoms with E-state index in [0.717, 1.165) is 21.2 Å². The third-order valence-corrected chi connectivity index (χ3v) is 4.14. The van der Waals surface area contributed by atoms with Crippen LogP contribution in [0.2, 0.25) is 0 Å². The van der Waals surface area contributed by atoms with Crippen LogP contribution in [0, 0.1) is 0 Å². The Balaban J connectivity index is 1.89. The van der Waals surface area contributed by atoms with Gasteiger partial charge in [-0.3, -0.25) is 4.79 Å². The number of hydrogen-bond donors (Lipinski definition) is 1. The Hall–Kier alpha value is -2.34. The molecule has 2 aliphatic rings. The number of nitrogens with zero attached hydrogens (tertiary/aromatic N) is 1. The molecule has 2 heterocycles. The van der Waals surface area contributed by atoms with Gasteiger partial charge in [0.25, 0.3) is 0 Å². The predicted molar refractivity (Wildman–Crippen MR) is 84.2 cm³/mol. The van der Waals surface area contributed by atoms with Gasteiger partial charge in [0, 0.05) is 15.6 Å². The zero-order valence-electron chi connectivity index (χ0n) is 11.4. The number of hydrazone groups is 1. The first kappa shape index (κ1) is 13.3. The molecule has 2 aromatic carbocycles. The molecule has 110 valence electrons. The summed E-state index contributed by atoms with van der Waals surface area (Å²) in [5, 5.41) is 4.28. The molecular weight excluding hydrogens is 348 g/mol. The maximum Gasteiger partial charge on any atom is 0.244 e. The molecule has 0 saturated heterocycles. The van der Waals surface area contributed by atoms with Gasteiger partial charge in [0.05, 0.1) is 12.1 Å². The van der Waals surface area contributed by atoms with Crippen molar-refractivity contribution in [3.05, 3.63) is 57.6 Å². The van der Waals surface area contributed by atoms with Crippen LogP contribution < -0.4 is 14.9 Å². The highest BCUT2D eigenvalue weighted by atomic mass is 79.9. The van der Waals surface area contributed by atoms with E-state index >= 15 is 0 Å². The average molecular weight is 359 g/mol. The summed E-state index contributed by atoms with van der Waals surface area (Å²) >= 11 is 3.42. The van der Waals surface area contributed by atoms with E-state index in [9.17, 15) is 4.79 Å². The molecule has 1 amide bonds. The second-order valence-corrected chi connectivity index (χ2v) is 5.96. The smallest absolute Gasteiger partial charge is 0.244 e. The molecule has 0 atom stereocenters. The van der Waals surface area contributed by atoms with Crippen molar-refractivity contribution >= 4 is 27.5 Å². The second kappa shape index (κ2) is 5.14. The van der Waals surface area contributed by atoms with Crippen molar-refractivity contribution < 1.29 is 14.3 Å². The van der Waals surface area contributed by atoms with Crippen LogP contribution in [-0.4, -0.2) is 18.4 Å². The molecule has 0 fully saturated rings. The third-order valence-electron chi connectivity index (χ3n) is 3.61. The number of hydrogen-bond acceptors (Lipinski definition) is 4. The summed E-state index contributed by atoms with van der Waals surface area (Å²) in [5.74, 6) is 1.20. The van der Waals surface area contributed by atoms with E-state index in [1.165, 1.54) is 0 Å². The lowest BCUT2D eigenvalue weighted by Crippen LogP contribution is -2.18.